The maximum Gasteiger partial charge on any atom is 0.420 e. The first-order valence-electron chi connectivity index (χ1n) is 8.44. The number of sulfone groups is 1. The lowest BCUT2D eigenvalue weighted by molar-refractivity contribution is -0.147. The van der Waals surface area contributed by atoms with Crippen molar-refractivity contribution < 1.29 is 22.4 Å². The van der Waals surface area contributed by atoms with Crippen LogP contribution in [0.3, 0.4) is 0 Å². The molecule has 2 aromatic carbocycles. The van der Waals surface area contributed by atoms with Gasteiger partial charge >= 0.3 is 11.7 Å². The minimum atomic E-state index is -3.42. The van der Waals surface area contributed by atoms with Gasteiger partial charge < -0.3 is 9.15 Å². The number of rotatable bonds is 7. The van der Waals surface area contributed by atoms with Gasteiger partial charge in [-0.1, -0.05) is 30.3 Å². The van der Waals surface area contributed by atoms with Gasteiger partial charge in [0.25, 0.3) is 0 Å². The minimum Gasteiger partial charge on any atom is -0.464 e. The SMILES string of the molecule is CC(C(=O)OCCCS(=O)(=O)c1ccccc1)n1c(=O)oc2ccccc21. The molecule has 0 N–H and O–H groups in total. The summed E-state index contributed by atoms with van der Waals surface area (Å²) in [7, 11) is -3.42. The first-order valence-corrected chi connectivity index (χ1v) is 10.1. The summed E-state index contributed by atoms with van der Waals surface area (Å²) in [5, 5.41) is 0. The summed E-state index contributed by atoms with van der Waals surface area (Å²) in [6, 6.07) is 14.0. The zero-order valence-corrected chi connectivity index (χ0v) is 15.5. The van der Waals surface area contributed by atoms with Gasteiger partial charge in [0, 0.05) is 0 Å². The molecule has 3 aromatic rings. The summed E-state index contributed by atoms with van der Waals surface area (Å²) in [5.74, 6) is -1.40. The van der Waals surface area contributed by atoms with E-state index in [4.69, 9.17) is 9.15 Å². The number of ether oxygens (including phenoxy) is 1. The predicted octanol–water partition coefficient (Wildman–Crippen LogP) is 2.56. The summed E-state index contributed by atoms with van der Waals surface area (Å²) in [5.41, 5.74) is 0.884. The third-order valence-corrected chi connectivity index (χ3v) is 5.97. The molecule has 0 aliphatic rings. The fourth-order valence-electron chi connectivity index (χ4n) is 2.74. The predicted molar refractivity (Wildman–Crippen MR) is 99.3 cm³/mol. The summed E-state index contributed by atoms with van der Waals surface area (Å²) in [4.78, 5) is 24.5. The number of nitrogens with zero attached hydrogens (tertiary/aromatic N) is 1. The molecule has 0 saturated carbocycles. The van der Waals surface area contributed by atoms with Crippen LogP contribution < -0.4 is 5.76 Å². The van der Waals surface area contributed by atoms with Crippen LogP contribution in [0.5, 0.6) is 0 Å². The molecule has 7 nitrogen and oxygen atoms in total. The Hall–Kier alpha value is -2.87. The molecule has 0 fully saturated rings. The maximum atomic E-state index is 12.3. The zero-order chi connectivity index (χ0) is 19.4. The van der Waals surface area contributed by atoms with E-state index in [0.717, 1.165) is 0 Å². The molecule has 1 aromatic heterocycles. The third-order valence-electron chi connectivity index (χ3n) is 4.15. The Labute approximate surface area is 156 Å². The molecule has 0 amide bonds. The lowest BCUT2D eigenvalue weighted by Gasteiger charge is -2.12. The number of esters is 1. The lowest BCUT2D eigenvalue weighted by Crippen LogP contribution is -2.26. The highest BCUT2D eigenvalue weighted by atomic mass is 32.2. The van der Waals surface area contributed by atoms with Crippen molar-refractivity contribution in [2.24, 2.45) is 0 Å². The van der Waals surface area contributed by atoms with Crippen LogP contribution in [-0.2, 0) is 19.4 Å². The molecule has 8 heteroatoms. The van der Waals surface area contributed by atoms with Crippen LogP contribution >= 0.6 is 0 Å². The molecule has 0 aliphatic heterocycles. The van der Waals surface area contributed by atoms with Crippen molar-refractivity contribution in [2.75, 3.05) is 12.4 Å². The lowest BCUT2D eigenvalue weighted by atomic mass is 10.3. The standard InChI is InChI=1S/C19H19NO6S/c1-14(20-16-10-5-6-11-17(16)26-19(20)22)18(21)25-12-7-13-27(23,24)15-8-3-2-4-9-15/h2-6,8-11,14H,7,12-13H2,1H3. The molecular formula is C19H19NO6S. The Balaban J connectivity index is 1.59. The molecule has 0 spiro atoms. The fraction of sp³-hybridized carbons (Fsp3) is 0.263. The number of para-hydroxylation sites is 2. The molecular weight excluding hydrogens is 370 g/mol. The first-order chi connectivity index (χ1) is 12.9. The Kier molecular flexibility index (Phi) is 5.46. The Morgan fingerprint density at radius 1 is 1.11 bits per heavy atom. The van der Waals surface area contributed by atoms with E-state index in [1.807, 2.05) is 0 Å². The Morgan fingerprint density at radius 2 is 1.78 bits per heavy atom. The van der Waals surface area contributed by atoms with Crippen molar-refractivity contribution in [3.63, 3.8) is 0 Å². The summed E-state index contributed by atoms with van der Waals surface area (Å²) in [6.07, 6.45) is 0.163. The van der Waals surface area contributed by atoms with E-state index in [-0.39, 0.29) is 23.7 Å². The number of hydrogen-bond acceptors (Lipinski definition) is 6. The van der Waals surface area contributed by atoms with Gasteiger partial charge in [-0.25, -0.2) is 18.0 Å². The second-order valence-corrected chi connectivity index (χ2v) is 8.14. The van der Waals surface area contributed by atoms with Crippen LogP contribution in [0.2, 0.25) is 0 Å². The quantitative estimate of drug-likeness (QED) is 0.455. The van der Waals surface area contributed by atoms with Crippen molar-refractivity contribution in [3.05, 3.63) is 65.1 Å². The van der Waals surface area contributed by atoms with Gasteiger partial charge in [-0.2, -0.15) is 0 Å². The summed E-state index contributed by atoms with van der Waals surface area (Å²) in [6.45, 7) is 1.48. The van der Waals surface area contributed by atoms with Crippen LogP contribution in [0, 0.1) is 0 Å². The molecule has 0 radical (unpaired) electrons. The number of benzene rings is 2. The smallest absolute Gasteiger partial charge is 0.420 e. The number of fused-ring (bicyclic) bond motifs is 1. The summed E-state index contributed by atoms with van der Waals surface area (Å²) < 4.78 is 35.9. The highest BCUT2D eigenvalue weighted by Crippen LogP contribution is 2.17. The average Bonchev–Trinajstić information content (AvgIpc) is 3.01. The number of carbonyl (C=O) groups excluding carboxylic acids is 1. The molecule has 3 rings (SSSR count). The van der Waals surface area contributed by atoms with Crippen molar-refractivity contribution in [1.29, 1.82) is 0 Å². The highest BCUT2D eigenvalue weighted by molar-refractivity contribution is 7.91. The van der Waals surface area contributed by atoms with Crippen molar-refractivity contribution in [2.45, 2.75) is 24.3 Å². The van der Waals surface area contributed by atoms with Gasteiger partial charge in [-0.05, 0) is 37.6 Å². The number of hydrogen-bond donors (Lipinski definition) is 0. The summed E-state index contributed by atoms with van der Waals surface area (Å²) >= 11 is 0. The molecule has 142 valence electrons. The number of oxazole rings is 1. The van der Waals surface area contributed by atoms with Crippen LogP contribution in [0.15, 0.2) is 68.7 Å². The van der Waals surface area contributed by atoms with Gasteiger partial charge in [0.15, 0.2) is 15.4 Å². The van der Waals surface area contributed by atoms with Gasteiger partial charge in [0.05, 0.1) is 22.8 Å². The minimum absolute atomic E-state index is 0.0558. The van der Waals surface area contributed by atoms with E-state index in [1.54, 1.807) is 42.5 Å². The molecule has 1 heterocycles. The molecule has 0 bridgehead atoms. The average molecular weight is 389 g/mol. The van der Waals surface area contributed by atoms with Crippen molar-refractivity contribution in [1.82, 2.24) is 4.57 Å². The van der Waals surface area contributed by atoms with Crippen LogP contribution in [0.4, 0.5) is 0 Å². The number of carbonyl (C=O) groups is 1. The topological polar surface area (TPSA) is 95.6 Å². The zero-order valence-electron chi connectivity index (χ0n) is 14.7. The van der Waals surface area contributed by atoms with E-state index in [2.05, 4.69) is 0 Å². The normalized spacial score (nSPS) is 12.8. The van der Waals surface area contributed by atoms with Crippen LogP contribution in [0.25, 0.3) is 11.1 Å². The monoisotopic (exact) mass is 389 g/mol. The molecule has 0 aliphatic carbocycles. The Bertz CT molecular complexity index is 1100. The first kappa shape index (κ1) is 18.9. The molecule has 1 unspecified atom stereocenters. The Morgan fingerprint density at radius 3 is 2.52 bits per heavy atom. The highest BCUT2D eigenvalue weighted by Gasteiger charge is 2.22. The van der Waals surface area contributed by atoms with E-state index in [0.29, 0.717) is 11.1 Å². The van der Waals surface area contributed by atoms with Gasteiger partial charge in [-0.3, -0.25) is 4.57 Å². The van der Waals surface area contributed by atoms with Crippen molar-refractivity contribution in [3.8, 4) is 0 Å². The third kappa shape index (κ3) is 4.11. The van der Waals surface area contributed by atoms with Gasteiger partial charge in [0.2, 0.25) is 0 Å². The van der Waals surface area contributed by atoms with Crippen LogP contribution in [-0.4, -0.2) is 31.3 Å². The van der Waals surface area contributed by atoms with E-state index in [9.17, 15) is 18.0 Å². The molecule has 0 saturated heterocycles. The van der Waals surface area contributed by atoms with Gasteiger partial charge in [0.1, 0.15) is 6.04 Å². The molecule has 1 atom stereocenters. The van der Waals surface area contributed by atoms with E-state index in [1.165, 1.54) is 23.6 Å². The second kappa shape index (κ2) is 7.79. The number of aromatic nitrogens is 1. The maximum absolute atomic E-state index is 12.3. The largest absolute Gasteiger partial charge is 0.464 e. The van der Waals surface area contributed by atoms with E-state index < -0.39 is 27.6 Å². The fourth-order valence-corrected chi connectivity index (χ4v) is 4.05. The van der Waals surface area contributed by atoms with Gasteiger partial charge in [-0.15, -0.1) is 0 Å². The van der Waals surface area contributed by atoms with Crippen LogP contribution in [0.1, 0.15) is 19.4 Å². The van der Waals surface area contributed by atoms with Crippen molar-refractivity contribution >= 4 is 26.9 Å². The van der Waals surface area contributed by atoms with E-state index >= 15 is 0 Å². The molecule has 27 heavy (non-hydrogen) atoms. The second-order valence-electron chi connectivity index (χ2n) is 6.03.